The molecule has 0 saturated carbocycles. The third-order valence-electron chi connectivity index (χ3n) is 6.56. The van der Waals surface area contributed by atoms with Crippen molar-refractivity contribution in [2.24, 2.45) is 0 Å². The zero-order valence-corrected chi connectivity index (χ0v) is 18.6. The van der Waals surface area contributed by atoms with Crippen molar-refractivity contribution in [3.05, 3.63) is 65.7 Å². The molecule has 0 bridgehead atoms. The van der Waals surface area contributed by atoms with Crippen molar-refractivity contribution in [1.82, 2.24) is 10.2 Å². The van der Waals surface area contributed by atoms with Crippen LogP contribution in [0.2, 0.25) is 0 Å². The summed E-state index contributed by atoms with van der Waals surface area (Å²) in [4.78, 5) is 30.9. The zero-order valence-electron chi connectivity index (χ0n) is 18.6. The predicted molar refractivity (Wildman–Crippen MR) is 122 cm³/mol. The van der Waals surface area contributed by atoms with E-state index in [9.17, 15) is 9.59 Å². The van der Waals surface area contributed by atoms with E-state index < -0.39 is 5.54 Å². The molecule has 164 valence electrons. The van der Waals surface area contributed by atoms with Gasteiger partial charge in [-0.15, -0.1) is 0 Å². The smallest absolute Gasteiger partial charge is 0.329 e. The maximum Gasteiger partial charge on any atom is 0.329 e. The van der Waals surface area contributed by atoms with Crippen molar-refractivity contribution >= 4 is 17.6 Å². The van der Waals surface area contributed by atoms with Crippen LogP contribution < -0.4 is 15.1 Å². The number of benzene rings is 2. The molecule has 2 aromatic carbocycles. The van der Waals surface area contributed by atoms with Gasteiger partial charge in [0.2, 0.25) is 0 Å². The molecular formula is C25H33N4O2+. The van der Waals surface area contributed by atoms with Crippen molar-refractivity contribution in [3.8, 4) is 0 Å². The van der Waals surface area contributed by atoms with E-state index in [0.29, 0.717) is 13.1 Å². The number of urea groups is 1. The second-order valence-electron chi connectivity index (χ2n) is 8.79. The third kappa shape index (κ3) is 4.30. The Balaban J connectivity index is 1.41. The minimum Gasteiger partial charge on any atom is -0.372 e. The summed E-state index contributed by atoms with van der Waals surface area (Å²) in [6, 6.07) is 17.9. The molecule has 1 unspecified atom stereocenters. The number of nitrogens with zero attached hydrogens (tertiary/aromatic N) is 2. The number of hydrogen-bond donors (Lipinski definition) is 2. The lowest BCUT2D eigenvalue weighted by atomic mass is 9.87. The standard InChI is InChI=1S/C25H32N4O2/c1-3-25(21-10-6-4-7-11-21)23(30)29(24(31)26-25)19-27(2)18-20-12-14-22(15-13-20)28-16-8-5-9-17-28/h4,6-7,10-15H,3,5,8-9,16-19H2,1-2H3,(H,26,31)/p+1/t25-/m0/s1. The zero-order chi connectivity index (χ0) is 21.8. The van der Waals surface area contributed by atoms with Gasteiger partial charge in [-0.25, -0.2) is 9.69 Å². The Morgan fingerprint density at radius 2 is 1.65 bits per heavy atom. The van der Waals surface area contributed by atoms with E-state index in [0.717, 1.165) is 30.1 Å². The minimum atomic E-state index is -0.964. The molecule has 0 radical (unpaired) electrons. The highest BCUT2D eigenvalue weighted by Gasteiger charge is 2.52. The maximum atomic E-state index is 13.3. The van der Waals surface area contributed by atoms with Gasteiger partial charge in [-0.1, -0.05) is 49.4 Å². The Morgan fingerprint density at radius 3 is 2.29 bits per heavy atom. The summed E-state index contributed by atoms with van der Waals surface area (Å²) in [5.41, 5.74) is 2.36. The summed E-state index contributed by atoms with van der Waals surface area (Å²) in [5, 5.41) is 2.96. The van der Waals surface area contributed by atoms with Crippen molar-refractivity contribution in [2.75, 3.05) is 31.7 Å². The summed E-state index contributed by atoms with van der Waals surface area (Å²) in [6.45, 7) is 5.30. The van der Waals surface area contributed by atoms with Crippen LogP contribution in [0.15, 0.2) is 54.6 Å². The quantitative estimate of drug-likeness (QED) is 0.676. The first-order valence-electron chi connectivity index (χ1n) is 11.4. The molecule has 0 aromatic heterocycles. The van der Waals surface area contributed by atoms with E-state index in [4.69, 9.17) is 0 Å². The number of carbonyl (C=O) groups excluding carboxylic acids is 2. The number of quaternary nitrogens is 1. The van der Waals surface area contributed by atoms with E-state index in [2.05, 4.69) is 34.5 Å². The molecule has 6 nitrogen and oxygen atoms in total. The molecule has 0 aliphatic carbocycles. The summed E-state index contributed by atoms with van der Waals surface area (Å²) in [7, 11) is 2.02. The van der Waals surface area contributed by atoms with E-state index in [1.807, 2.05) is 44.3 Å². The molecular weight excluding hydrogens is 388 g/mol. The molecule has 2 heterocycles. The van der Waals surface area contributed by atoms with Gasteiger partial charge in [0.15, 0.2) is 6.67 Å². The fraction of sp³-hybridized carbons (Fsp3) is 0.440. The highest BCUT2D eigenvalue weighted by molar-refractivity contribution is 6.07. The number of nitrogens with one attached hydrogen (secondary N) is 2. The monoisotopic (exact) mass is 421 g/mol. The summed E-state index contributed by atoms with van der Waals surface area (Å²) < 4.78 is 0. The Morgan fingerprint density at radius 1 is 0.968 bits per heavy atom. The number of piperidine rings is 1. The molecule has 6 heteroatoms. The molecule has 4 rings (SSSR count). The molecule has 2 aliphatic rings. The highest BCUT2D eigenvalue weighted by Crippen LogP contribution is 2.31. The van der Waals surface area contributed by atoms with Crippen molar-refractivity contribution in [2.45, 2.75) is 44.7 Å². The van der Waals surface area contributed by atoms with Gasteiger partial charge >= 0.3 is 6.03 Å². The van der Waals surface area contributed by atoms with Crippen LogP contribution in [-0.4, -0.2) is 43.6 Å². The Bertz CT molecular complexity index is 909. The number of imide groups is 1. The number of amides is 3. The van der Waals surface area contributed by atoms with E-state index >= 15 is 0 Å². The number of hydrogen-bond acceptors (Lipinski definition) is 3. The average molecular weight is 422 g/mol. The summed E-state index contributed by atoms with van der Waals surface area (Å²) in [6.07, 6.45) is 4.38. The van der Waals surface area contributed by atoms with Crippen LogP contribution in [0.5, 0.6) is 0 Å². The maximum absolute atomic E-state index is 13.3. The lowest BCUT2D eigenvalue weighted by Gasteiger charge is -2.29. The van der Waals surface area contributed by atoms with E-state index in [1.54, 1.807) is 0 Å². The number of carbonyl (C=O) groups is 2. The van der Waals surface area contributed by atoms with E-state index in [-0.39, 0.29) is 11.9 Å². The number of anilines is 1. The molecule has 2 aliphatic heterocycles. The van der Waals surface area contributed by atoms with Crippen molar-refractivity contribution in [1.29, 1.82) is 0 Å². The van der Waals surface area contributed by atoms with Gasteiger partial charge in [0.1, 0.15) is 12.1 Å². The van der Waals surface area contributed by atoms with Gasteiger partial charge in [0.05, 0.1) is 7.05 Å². The van der Waals surface area contributed by atoms with Gasteiger partial charge in [-0.3, -0.25) is 4.79 Å². The molecule has 2 saturated heterocycles. The molecule has 2 atom stereocenters. The number of rotatable bonds is 7. The van der Waals surface area contributed by atoms with Crippen LogP contribution in [0.25, 0.3) is 0 Å². The van der Waals surface area contributed by atoms with Crippen molar-refractivity contribution < 1.29 is 14.5 Å². The predicted octanol–water partition coefficient (Wildman–Crippen LogP) is 2.51. The second kappa shape index (κ2) is 9.10. The molecule has 31 heavy (non-hydrogen) atoms. The van der Waals surface area contributed by atoms with Crippen LogP contribution in [0.4, 0.5) is 10.5 Å². The Kier molecular flexibility index (Phi) is 6.28. The van der Waals surface area contributed by atoms with E-state index in [1.165, 1.54) is 35.4 Å². The Labute approximate surface area is 184 Å². The van der Waals surface area contributed by atoms with Gasteiger partial charge in [-0.05, 0) is 43.4 Å². The minimum absolute atomic E-state index is 0.161. The molecule has 2 N–H and O–H groups in total. The van der Waals surface area contributed by atoms with Crippen LogP contribution in [0.3, 0.4) is 0 Å². The third-order valence-corrected chi connectivity index (χ3v) is 6.56. The fourth-order valence-corrected chi connectivity index (χ4v) is 4.78. The normalized spacial score (nSPS) is 22.5. The fourth-order valence-electron chi connectivity index (χ4n) is 4.78. The largest absolute Gasteiger partial charge is 0.372 e. The van der Waals surface area contributed by atoms with Crippen molar-refractivity contribution in [3.63, 3.8) is 0 Å². The first kappa shape index (κ1) is 21.4. The molecule has 0 spiro atoms. The van der Waals surface area contributed by atoms with Crippen LogP contribution >= 0.6 is 0 Å². The lowest BCUT2D eigenvalue weighted by Crippen LogP contribution is -3.09. The van der Waals surface area contributed by atoms with Gasteiger partial charge in [0.25, 0.3) is 5.91 Å². The SMILES string of the molecule is CC[C@@]1(c2ccccc2)NC(=O)N(C[NH+](C)Cc2ccc(N3CCCCC3)cc2)C1=O. The summed E-state index contributed by atoms with van der Waals surface area (Å²) in [5.74, 6) is -0.161. The first-order chi connectivity index (χ1) is 15.0. The lowest BCUT2D eigenvalue weighted by molar-refractivity contribution is -0.901. The molecule has 2 fully saturated rings. The van der Waals surface area contributed by atoms with Gasteiger partial charge in [0, 0.05) is 24.3 Å². The Hall–Kier alpha value is -2.86. The van der Waals surface area contributed by atoms with Gasteiger partial charge < -0.3 is 15.1 Å². The molecule has 3 amide bonds. The topological polar surface area (TPSA) is 57.1 Å². The molecule has 2 aromatic rings. The summed E-state index contributed by atoms with van der Waals surface area (Å²) >= 11 is 0. The highest BCUT2D eigenvalue weighted by atomic mass is 16.2. The van der Waals surface area contributed by atoms with Crippen LogP contribution in [-0.2, 0) is 16.9 Å². The van der Waals surface area contributed by atoms with Crippen LogP contribution in [0, 0.1) is 0 Å². The average Bonchev–Trinajstić information content (AvgIpc) is 3.06. The first-order valence-corrected chi connectivity index (χ1v) is 11.4. The second-order valence-corrected chi connectivity index (χ2v) is 8.79. The van der Waals surface area contributed by atoms with Gasteiger partial charge in [-0.2, -0.15) is 0 Å². The van der Waals surface area contributed by atoms with Crippen LogP contribution in [0.1, 0.15) is 43.7 Å².